The number of nitrogens with one attached hydrogen (secondary N) is 1. The molecule has 2 aromatic rings. The van der Waals surface area contributed by atoms with E-state index in [0.717, 1.165) is 43.9 Å². The third kappa shape index (κ3) is 2.84. The minimum atomic E-state index is -0.205. The Labute approximate surface area is 124 Å². The van der Waals surface area contributed by atoms with Gasteiger partial charge in [0.2, 0.25) is 0 Å². The molecule has 112 valence electrons. The second kappa shape index (κ2) is 5.95. The fourth-order valence-corrected chi connectivity index (χ4v) is 2.77. The monoisotopic (exact) mass is 288 g/mol. The van der Waals surface area contributed by atoms with Crippen molar-refractivity contribution in [1.82, 2.24) is 20.0 Å². The quantitative estimate of drug-likeness (QED) is 0.933. The molecule has 0 fully saturated rings. The van der Waals surface area contributed by atoms with Crippen molar-refractivity contribution in [3.63, 3.8) is 0 Å². The van der Waals surface area contributed by atoms with Gasteiger partial charge in [-0.1, -0.05) is 12.1 Å². The third-order valence-electron chi connectivity index (χ3n) is 3.89. The van der Waals surface area contributed by atoms with Crippen molar-refractivity contribution in [2.24, 2.45) is 0 Å². The maximum atomic E-state index is 14.1. The highest BCUT2D eigenvalue weighted by molar-refractivity contribution is 5.65. The molecule has 1 aliphatic rings. The van der Waals surface area contributed by atoms with Crippen molar-refractivity contribution in [3.05, 3.63) is 41.3 Å². The molecular weight excluding hydrogens is 267 g/mol. The van der Waals surface area contributed by atoms with Crippen LogP contribution in [0.1, 0.15) is 11.3 Å². The number of hydrogen-bond donors (Lipinski definition) is 1. The second-order valence-corrected chi connectivity index (χ2v) is 5.71. The van der Waals surface area contributed by atoms with E-state index in [-0.39, 0.29) is 5.82 Å². The normalized spacial score (nSPS) is 14.5. The zero-order chi connectivity index (χ0) is 14.8. The minimum Gasteiger partial charge on any atom is -0.312 e. The Hall–Kier alpha value is -1.72. The van der Waals surface area contributed by atoms with Crippen LogP contribution in [0.2, 0.25) is 0 Å². The van der Waals surface area contributed by atoms with E-state index in [0.29, 0.717) is 5.56 Å². The first-order valence-electron chi connectivity index (χ1n) is 7.35. The van der Waals surface area contributed by atoms with Crippen molar-refractivity contribution in [1.29, 1.82) is 0 Å². The molecule has 0 saturated heterocycles. The number of hydrogen-bond acceptors (Lipinski definition) is 3. The van der Waals surface area contributed by atoms with E-state index < -0.39 is 0 Å². The molecular formula is C16H21FN4. The third-order valence-corrected chi connectivity index (χ3v) is 3.89. The molecule has 1 aromatic heterocycles. The predicted octanol–water partition coefficient (Wildman–Crippen LogP) is 1.90. The van der Waals surface area contributed by atoms with Crippen LogP contribution < -0.4 is 5.32 Å². The van der Waals surface area contributed by atoms with Crippen LogP contribution in [0.15, 0.2) is 24.3 Å². The van der Waals surface area contributed by atoms with E-state index in [4.69, 9.17) is 5.10 Å². The first-order chi connectivity index (χ1) is 10.2. The zero-order valence-corrected chi connectivity index (χ0v) is 12.6. The summed E-state index contributed by atoms with van der Waals surface area (Å²) >= 11 is 0. The molecule has 1 aliphatic heterocycles. The molecule has 1 N–H and O–H groups in total. The molecule has 0 amide bonds. The Kier molecular flexibility index (Phi) is 4.03. The van der Waals surface area contributed by atoms with Gasteiger partial charge in [-0.25, -0.2) is 4.39 Å². The van der Waals surface area contributed by atoms with Crippen LogP contribution in [0, 0.1) is 5.82 Å². The molecule has 3 rings (SSSR count). The maximum absolute atomic E-state index is 14.1. The fourth-order valence-electron chi connectivity index (χ4n) is 2.77. The smallest absolute Gasteiger partial charge is 0.132 e. The van der Waals surface area contributed by atoms with E-state index in [9.17, 15) is 4.39 Å². The van der Waals surface area contributed by atoms with Crippen LogP contribution in [0.4, 0.5) is 4.39 Å². The summed E-state index contributed by atoms with van der Waals surface area (Å²) in [5.41, 5.74) is 3.77. The van der Waals surface area contributed by atoms with E-state index in [2.05, 4.69) is 29.0 Å². The number of halogens is 1. The lowest BCUT2D eigenvalue weighted by Gasteiger charge is -2.17. The Morgan fingerprint density at radius 3 is 2.90 bits per heavy atom. The number of benzene rings is 1. The summed E-state index contributed by atoms with van der Waals surface area (Å²) in [6, 6.07) is 6.88. The summed E-state index contributed by atoms with van der Waals surface area (Å²) in [6.45, 7) is 3.49. The molecule has 0 aliphatic carbocycles. The van der Waals surface area contributed by atoms with Crippen LogP contribution >= 0.6 is 0 Å². The SMILES string of the molecule is CN(C)CCn1nc(-c2ccccc2F)c2c1CCNC2. The first-order valence-corrected chi connectivity index (χ1v) is 7.35. The number of rotatable bonds is 4. The van der Waals surface area contributed by atoms with Gasteiger partial charge in [-0.15, -0.1) is 0 Å². The fraction of sp³-hybridized carbons (Fsp3) is 0.438. The summed E-state index contributed by atoms with van der Waals surface area (Å²) < 4.78 is 16.1. The number of likely N-dealkylation sites (N-methyl/N-ethyl adjacent to an activating group) is 1. The van der Waals surface area contributed by atoms with Gasteiger partial charge in [0.1, 0.15) is 5.82 Å². The van der Waals surface area contributed by atoms with Crippen LogP contribution in [0.25, 0.3) is 11.3 Å². The Balaban J connectivity index is 2.03. The van der Waals surface area contributed by atoms with Crippen LogP contribution in [0.3, 0.4) is 0 Å². The Morgan fingerprint density at radius 2 is 2.14 bits per heavy atom. The topological polar surface area (TPSA) is 33.1 Å². The molecule has 5 heteroatoms. The highest BCUT2D eigenvalue weighted by atomic mass is 19.1. The van der Waals surface area contributed by atoms with Crippen molar-refractivity contribution in [2.75, 3.05) is 27.2 Å². The Morgan fingerprint density at radius 1 is 1.33 bits per heavy atom. The van der Waals surface area contributed by atoms with Crippen molar-refractivity contribution >= 4 is 0 Å². The summed E-state index contributed by atoms with van der Waals surface area (Å²) in [4.78, 5) is 2.14. The van der Waals surface area contributed by atoms with E-state index >= 15 is 0 Å². The maximum Gasteiger partial charge on any atom is 0.132 e. The van der Waals surface area contributed by atoms with Crippen molar-refractivity contribution in [2.45, 2.75) is 19.5 Å². The van der Waals surface area contributed by atoms with Gasteiger partial charge in [0.05, 0.1) is 12.2 Å². The summed E-state index contributed by atoms with van der Waals surface area (Å²) in [5.74, 6) is -0.205. The summed E-state index contributed by atoms with van der Waals surface area (Å²) in [6.07, 6.45) is 0.949. The number of fused-ring (bicyclic) bond motifs is 1. The highest BCUT2D eigenvalue weighted by Crippen LogP contribution is 2.29. The average molecular weight is 288 g/mol. The molecule has 21 heavy (non-hydrogen) atoms. The average Bonchev–Trinajstić information content (AvgIpc) is 2.84. The summed E-state index contributed by atoms with van der Waals surface area (Å²) in [5, 5.41) is 8.07. The minimum absolute atomic E-state index is 0.205. The Bertz CT molecular complexity index is 633. The van der Waals surface area contributed by atoms with E-state index in [1.807, 2.05) is 12.1 Å². The lowest BCUT2D eigenvalue weighted by Crippen LogP contribution is -2.26. The van der Waals surface area contributed by atoms with Gasteiger partial charge in [0, 0.05) is 42.9 Å². The predicted molar refractivity (Wildman–Crippen MR) is 81.6 cm³/mol. The van der Waals surface area contributed by atoms with Gasteiger partial charge in [0.25, 0.3) is 0 Å². The first kappa shape index (κ1) is 14.2. The number of nitrogens with zero attached hydrogens (tertiary/aromatic N) is 3. The standard InChI is InChI=1S/C16H21FN4/c1-20(2)9-10-21-15-7-8-18-11-13(15)16(19-21)12-5-3-4-6-14(12)17/h3-6,18H,7-11H2,1-2H3. The largest absolute Gasteiger partial charge is 0.312 e. The molecule has 1 aromatic carbocycles. The van der Waals surface area contributed by atoms with Gasteiger partial charge >= 0.3 is 0 Å². The molecule has 0 spiro atoms. The van der Waals surface area contributed by atoms with Crippen LogP contribution in [-0.4, -0.2) is 41.9 Å². The molecule has 4 nitrogen and oxygen atoms in total. The van der Waals surface area contributed by atoms with Crippen LogP contribution in [-0.2, 0) is 19.5 Å². The van der Waals surface area contributed by atoms with Gasteiger partial charge in [-0.05, 0) is 26.2 Å². The lowest BCUT2D eigenvalue weighted by molar-refractivity contribution is 0.368. The molecule has 2 heterocycles. The van der Waals surface area contributed by atoms with Crippen LogP contribution in [0.5, 0.6) is 0 Å². The molecule has 0 radical (unpaired) electrons. The second-order valence-electron chi connectivity index (χ2n) is 5.71. The zero-order valence-electron chi connectivity index (χ0n) is 12.6. The van der Waals surface area contributed by atoms with Gasteiger partial charge in [-0.3, -0.25) is 4.68 Å². The van der Waals surface area contributed by atoms with Gasteiger partial charge in [0.15, 0.2) is 0 Å². The van der Waals surface area contributed by atoms with E-state index in [1.165, 1.54) is 11.8 Å². The van der Waals surface area contributed by atoms with Gasteiger partial charge in [-0.2, -0.15) is 5.10 Å². The molecule has 0 saturated carbocycles. The van der Waals surface area contributed by atoms with Crippen molar-refractivity contribution in [3.8, 4) is 11.3 Å². The summed E-state index contributed by atoms with van der Waals surface area (Å²) in [7, 11) is 4.10. The number of aromatic nitrogens is 2. The molecule has 0 unspecified atom stereocenters. The van der Waals surface area contributed by atoms with Gasteiger partial charge < -0.3 is 10.2 Å². The van der Waals surface area contributed by atoms with E-state index in [1.54, 1.807) is 6.07 Å². The van der Waals surface area contributed by atoms with Crippen molar-refractivity contribution < 1.29 is 4.39 Å². The molecule has 0 bridgehead atoms. The highest BCUT2D eigenvalue weighted by Gasteiger charge is 2.22. The molecule has 0 atom stereocenters. The lowest BCUT2D eigenvalue weighted by atomic mass is 10.0.